The van der Waals surface area contributed by atoms with Gasteiger partial charge in [-0.25, -0.2) is 0 Å². The first-order valence-corrected chi connectivity index (χ1v) is 5.14. The number of β-amino-alcohol motifs (C(OH)–C–C–N with tert-alkyl or cyclic N) is 1. The van der Waals surface area contributed by atoms with Gasteiger partial charge < -0.3 is 5.11 Å². The fourth-order valence-corrected chi connectivity index (χ4v) is 1.90. The van der Waals surface area contributed by atoms with Crippen molar-refractivity contribution < 1.29 is 5.11 Å². The number of aliphatic hydroxyl groups is 1. The Morgan fingerprint density at radius 3 is 2.58 bits per heavy atom. The molecule has 1 saturated heterocycles. The number of aliphatic hydroxyl groups excluding tert-OH is 1. The molecule has 72 valence electrons. The van der Waals surface area contributed by atoms with Gasteiger partial charge in [-0.2, -0.15) is 0 Å². The first-order valence-electron chi connectivity index (χ1n) is 5.14. The summed E-state index contributed by atoms with van der Waals surface area (Å²) >= 11 is 0. The van der Waals surface area contributed by atoms with E-state index in [2.05, 4.69) is 18.9 Å². The van der Waals surface area contributed by atoms with Crippen molar-refractivity contribution in [2.24, 2.45) is 0 Å². The van der Waals surface area contributed by atoms with Crippen LogP contribution in [0, 0.1) is 0 Å². The molecule has 2 unspecified atom stereocenters. The Labute approximate surface area is 75.6 Å². The van der Waals surface area contributed by atoms with E-state index in [0.717, 1.165) is 6.54 Å². The largest absolute Gasteiger partial charge is 0.390 e. The predicted octanol–water partition coefficient (Wildman–Crippen LogP) is 1.63. The number of hydrogen-bond acceptors (Lipinski definition) is 2. The molecule has 1 fully saturated rings. The molecule has 2 atom stereocenters. The zero-order valence-electron chi connectivity index (χ0n) is 8.29. The highest BCUT2D eigenvalue weighted by Crippen LogP contribution is 2.21. The summed E-state index contributed by atoms with van der Waals surface area (Å²) in [4.78, 5) is 2.25. The second-order valence-electron chi connectivity index (χ2n) is 3.92. The molecule has 0 bridgehead atoms. The Kier molecular flexibility index (Phi) is 4.02. The highest BCUT2D eigenvalue weighted by Gasteiger charge is 2.33. The normalized spacial score (nSPS) is 30.2. The lowest BCUT2D eigenvalue weighted by Crippen LogP contribution is -2.57. The number of rotatable bonds is 5. The standard InChI is InChI=1S/C10H21NO/c1-3-4-5-6-7-9-10(12)8-11(9)2/h9-10,12H,3-8H2,1-2H3. The van der Waals surface area contributed by atoms with Gasteiger partial charge in [-0.3, -0.25) is 4.90 Å². The quantitative estimate of drug-likeness (QED) is 0.636. The summed E-state index contributed by atoms with van der Waals surface area (Å²) in [6, 6.07) is 0.460. The zero-order valence-corrected chi connectivity index (χ0v) is 8.29. The molecule has 1 aliphatic rings. The summed E-state index contributed by atoms with van der Waals surface area (Å²) in [6.45, 7) is 3.10. The summed E-state index contributed by atoms with van der Waals surface area (Å²) in [5.41, 5.74) is 0. The van der Waals surface area contributed by atoms with E-state index in [0.29, 0.717) is 6.04 Å². The van der Waals surface area contributed by atoms with E-state index in [4.69, 9.17) is 0 Å². The van der Waals surface area contributed by atoms with Crippen molar-refractivity contribution in [1.29, 1.82) is 0 Å². The van der Waals surface area contributed by atoms with Crippen LogP contribution in [0.3, 0.4) is 0 Å². The molecule has 1 aliphatic heterocycles. The minimum Gasteiger partial charge on any atom is -0.390 e. The number of unbranched alkanes of at least 4 members (excludes halogenated alkanes) is 3. The number of likely N-dealkylation sites (N-methyl/N-ethyl adjacent to an activating group) is 1. The van der Waals surface area contributed by atoms with Crippen LogP contribution in [0.5, 0.6) is 0 Å². The van der Waals surface area contributed by atoms with Crippen LogP contribution in [-0.4, -0.2) is 35.7 Å². The van der Waals surface area contributed by atoms with E-state index in [9.17, 15) is 5.11 Å². The van der Waals surface area contributed by atoms with Crippen molar-refractivity contribution in [3.8, 4) is 0 Å². The van der Waals surface area contributed by atoms with Crippen molar-refractivity contribution >= 4 is 0 Å². The molecule has 2 nitrogen and oxygen atoms in total. The smallest absolute Gasteiger partial charge is 0.0821 e. The van der Waals surface area contributed by atoms with Crippen LogP contribution >= 0.6 is 0 Å². The maximum atomic E-state index is 9.39. The molecule has 1 N–H and O–H groups in total. The Hall–Kier alpha value is -0.0800. The minimum absolute atomic E-state index is 0.0448. The number of hydrogen-bond donors (Lipinski definition) is 1. The van der Waals surface area contributed by atoms with Crippen LogP contribution in [-0.2, 0) is 0 Å². The molecule has 0 spiro atoms. The van der Waals surface area contributed by atoms with E-state index in [-0.39, 0.29) is 6.10 Å². The Morgan fingerprint density at radius 2 is 2.08 bits per heavy atom. The molecule has 12 heavy (non-hydrogen) atoms. The van der Waals surface area contributed by atoms with Crippen molar-refractivity contribution in [3.63, 3.8) is 0 Å². The van der Waals surface area contributed by atoms with E-state index < -0.39 is 0 Å². The van der Waals surface area contributed by atoms with Crippen molar-refractivity contribution in [2.45, 2.75) is 51.2 Å². The van der Waals surface area contributed by atoms with Crippen LogP contribution in [0.15, 0.2) is 0 Å². The third kappa shape index (κ3) is 2.46. The average molecular weight is 171 g/mol. The van der Waals surface area contributed by atoms with Gasteiger partial charge in [0.25, 0.3) is 0 Å². The molecule has 1 heterocycles. The van der Waals surface area contributed by atoms with Crippen LogP contribution < -0.4 is 0 Å². The van der Waals surface area contributed by atoms with Gasteiger partial charge in [0.1, 0.15) is 0 Å². The molecule has 2 heteroatoms. The maximum absolute atomic E-state index is 9.39. The Bertz CT molecular complexity index is 119. The lowest BCUT2D eigenvalue weighted by molar-refractivity contribution is -0.0493. The van der Waals surface area contributed by atoms with Crippen LogP contribution in [0.1, 0.15) is 39.0 Å². The Balaban J connectivity index is 1.99. The molecule has 0 aromatic carbocycles. The summed E-state index contributed by atoms with van der Waals surface area (Å²) in [5.74, 6) is 0. The molecule has 0 aromatic rings. The van der Waals surface area contributed by atoms with Gasteiger partial charge in [-0.15, -0.1) is 0 Å². The number of nitrogens with zero attached hydrogens (tertiary/aromatic N) is 1. The summed E-state index contributed by atoms with van der Waals surface area (Å²) in [5, 5.41) is 9.39. The summed E-state index contributed by atoms with van der Waals surface area (Å²) in [7, 11) is 2.09. The fourth-order valence-electron chi connectivity index (χ4n) is 1.90. The van der Waals surface area contributed by atoms with Crippen LogP contribution in [0.25, 0.3) is 0 Å². The lowest BCUT2D eigenvalue weighted by atomic mass is 9.94. The maximum Gasteiger partial charge on any atom is 0.0821 e. The van der Waals surface area contributed by atoms with Gasteiger partial charge >= 0.3 is 0 Å². The number of likely N-dealkylation sites (tertiary alicyclic amines) is 1. The SMILES string of the molecule is CCCCCCC1C(O)CN1C. The summed E-state index contributed by atoms with van der Waals surface area (Å²) < 4.78 is 0. The van der Waals surface area contributed by atoms with E-state index in [1.54, 1.807) is 0 Å². The van der Waals surface area contributed by atoms with Crippen molar-refractivity contribution in [3.05, 3.63) is 0 Å². The van der Waals surface area contributed by atoms with Gasteiger partial charge in [0.2, 0.25) is 0 Å². The third-order valence-electron chi connectivity index (χ3n) is 2.84. The molecule has 1 rings (SSSR count). The van der Waals surface area contributed by atoms with Gasteiger partial charge in [-0.1, -0.05) is 32.6 Å². The minimum atomic E-state index is -0.0448. The first-order chi connectivity index (χ1) is 5.75. The zero-order chi connectivity index (χ0) is 8.97. The van der Waals surface area contributed by atoms with E-state index in [1.807, 2.05) is 0 Å². The molecular weight excluding hydrogens is 150 g/mol. The molecule has 0 radical (unpaired) electrons. The second kappa shape index (κ2) is 4.83. The molecule has 0 amide bonds. The Morgan fingerprint density at radius 1 is 1.33 bits per heavy atom. The van der Waals surface area contributed by atoms with E-state index in [1.165, 1.54) is 32.1 Å². The van der Waals surface area contributed by atoms with Crippen molar-refractivity contribution in [2.75, 3.05) is 13.6 Å². The van der Waals surface area contributed by atoms with E-state index >= 15 is 0 Å². The highest BCUT2D eigenvalue weighted by atomic mass is 16.3. The molecule has 0 aliphatic carbocycles. The topological polar surface area (TPSA) is 23.5 Å². The lowest BCUT2D eigenvalue weighted by Gasteiger charge is -2.43. The van der Waals surface area contributed by atoms with Crippen molar-refractivity contribution in [1.82, 2.24) is 4.90 Å². The van der Waals surface area contributed by atoms with Gasteiger partial charge in [0.05, 0.1) is 6.10 Å². The predicted molar refractivity (Wildman–Crippen MR) is 51.2 cm³/mol. The second-order valence-corrected chi connectivity index (χ2v) is 3.92. The highest BCUT2D eigenvalue weighted by molar-refractivity contribution is 4.88. The monoisotopic (exact) mass is 171 g/mol. The fraction of sp³-hybridized carbons (Fsp3) is 1.00. The van der Waals surface area contributed by atoms with Crippen LogP contribution in [0.2, 0.25) is 0 Å². The first kappa shape index (κ1) is 10.0. The third-order valence-corrected chi connectivity index (χ3v) is 2.84. The average Bonchev–Trinajstić information content (AvgIpc) is 2.04. The molecule has 0 aromatic heterocycles. The van der Waals surface area contributed by atoms with Crippen LogP contribution in [0.4, 0.5) is 0 Å². The molecule has 0 saturated carbocycles. The van der Waals surface area contributed by atoms with Gasteiger partial charge in [0.15, 0.2) is 0 Å². The summed E-state index contributed by atoms with van der Waals surface area (Å²) in [6.07, 6.45) is 6.37. The molecular formula is C10H21NO. The van der Waals surface area contributed by atoms with Gasteiger partial charge in [0, 0.05) is 12.6 Å². The van der Waals surface area contributed by atoms with Gasteiger partial charge in [-0.05, 0) is 13.5 Å².